The molecule has 3 aromatic rings. The zero-order valence-electron chi connectivity index (χ0n) is 13.2. The molecule has 24 heavy (non-hydrogen) atoms. The second kappa shape index (κ2) is 6.35. The van der Waals surface area contributed by atoms with Crippen LogP contribution in [0.3, 0.4) is 0 Å². The Balaban J connectivity index is 1.86. The van der Waals surface area contributed by atoms with Gasteiger partial charge < -0.3 is 10.3 Å². The maximum absolute atomic E-state index is 13.7. The summed E-state index contributed by atoms with van der Waals surface area (Å²) in [6.45, 7) is 3.85. The number of benzene rings is 1. The summed E-state index contributed by atoms with van der Waals surface area (Å²) in [7, 11) is 0. The van der Waals surface area contributed by atoms with Crippen LogP contribution in [0.2, 0.25) is 0 Å². The molecule has 0 aliphatic carbocycles. The van der Waals surface area contributed by atoms with E-state index in [1.165, 1.54) is 0 Å². The Morgan fingerprint density at radius 2 is 2.12 bits per heavy atom. The number of amides is 1. The van der Waals surface area contributed by atoms with Crippen molar-refractivity contribution in [1.29, 1.82) is 0 Å². The second-order valence-corrected chi connectivity index (χ2v) is 5.56. The third kappa shape index (κ3) is 3.10. The van der Waals surface area contributed by atoms with Gasteiger partial charge in [0.1, 0.15) is 11.6 Å². The van der Waals surface area contributed by atoms with E-state index in [4.69, 9.17) is 0 Å². The van der Waals surface area contributed by atoms with Crippen LogP contribution in [0.4, 0.5) is 8.78 Å². The Bertz CT molecular complexity index is 907. The van der Waals surface area contributed by atoms with Gasteiger partial charge in [0.15, 0.2) is 11.5 Å². The van der Waals surface area contributed by atoms with Crippen LogP contribution in [0, 0.1) is 18.6 Å². The number of carbonyl (C=O) groups is 1. The van der Waals surface area contributed by atoms with Crippen molar-refractivity contribution in [3.63, 3.8) is 0 Å². The van der Waals surface area contributed by atoms with Gasteiger partial charge >= 0.3 is 0 Å². The largest absolute Gasteiger partial charge is 0.341 e. The quantitative estimate of drug-likeness (QED) is 0.770. The van der Waals surface area contributed by atoms with E-state index >= 15 is 0 Å². The number of halogens is 2. The van der Waals surface area contributed by atoms with Crippen molar-refractivity contribution in [3.05, 3.63) is 59.2 Å². The van der Waals surface area contributed by atoms with Crippen molar-refractivity contribution in [2.45, 2.75) is 26.3 Å². The minimum atomic E-state index is -0.998. The molecule has 0 saturated carbocycles. The van der Waals surface area contributed by atoms with Gasteiger partial charge in [0.25, 0.3) is 5.91 Å². The van der Waals surface area contributed by atoms with Crippen LogP contribution in [0.25, 0.3) is 11.0 Å². The van der Waals surface area contributed by atoms with Crippen LogP contribution in [-0.2, 0) is 0 Å². The molecule has 2 aromatic heterocycles. The van der Waals surface area contributed by atoms with Gasteiger partial charge in [0, 0.05) is 6.07 Å². The molecule has 5 nitrogen and oxygen atoms in total. The molecule has 3 rings (SSSR count). The summed E-state index contributed by atoms with van der Waals surface area (Å²) < 4.78 is 26.6. The zero-order chi connectivity index (χ0) is 17.3. The predicted molar refractivity (Wildman–Crippen MR) is 85.5 cm³/mol. The number of fused-ring (bicyclic) bond motifs is 1. The zero-order valence-corrected chi connectivity index (χ0v) is 13.2. The first-order valence-corrected chi connectivity index (χ1v) is 7.56. The summed E-state index contributed by atoms with van der Waals surface area (Å²) >= 11 is 0. The number of rotatable bonds is 4. The van der Waals surface area contributed by atoms with Crippen molar-refractivity contribution in [1.82, 2.24) is 20.3 Å². The number of nitrogens with zero attached hydrogens (tertiary/aromatic N) is 2. The monoisotopic (exact) mass is 330 g/mol. The minimum absolute atomic E-state index is 0.434. The van der Waals surface area contributed by atoms with Crippen LogP contribution >= 0.6 is 0 Å². The number of aryl methyl sites for hydroxylation is 1. The summed E-state index contributed by atoms with van der Waals surface area (Å²) in [5, 5.41) is 2.68. The smallest absolute Gasteiger partial charge is 0.273 e. The number of imidazole rings is 1. The van der Waals surface area contributed by atoms with E-state index in [-0.39, 0.29) is 0 Å². The molecule has 7 heteroatoms. The van der Waals surface area contributed by atoms with Gasteiger partial charge in [-0.05, 0) is 31.0 Å². The summed E-state index contributed by atoms with van der Waals surface area (Å²) in [5.41, 5.74) is 2.30. The average Bonchev–Trinajstić information content (AvgIpc) is 2.95. The summed E-state index contributed by atoms with van der Waals surface area (Å²) in [6, 6.07) is 6.00. The van der Waals surface area contributed by atoms with E-state index < -0.39 is 29.3 Å². The van der Waals surface area contributed by atoms with Crippen molar-refractivity contribution >= 4 is 16.9 Å². The van der Waals surface area contributed by atoms with E-state index in [1.54, 1.807) is 0 Å². The fourth-order valence-corrected chi connectivity index (χ4v) is 2.48. The molecule has 0 aliphatic rings. The number of hydrogen-bond acceptors (Lipinski definition) is 3. The Labute approximate surface area is 137 Å². The molecule has 0 fully saturated rings. The maximum Gasteiger partial charge on any atom is 0.273 e. The lowest BCUT2D eigenvalue weighted by molar-refractivity contribution is 0.0924. The Morgan fingerprint density at radius 1 is 1.33 bits per heavy atom. The molecule has 1 atom stereocenters. The molecule has 2 N–H and O–H groups in total. The highest BCUT2D eigenvalue weighted by Gasteiger charge is 2.21. The standard InChI is InChI=1S/C17H16F2N4O/c1-3-12(16-21-13-5-4-9(2)6-14(13)22-16)23-17(24)15-11(19)7-10(18)8-20-15/h4-8,12H,3H2,1-2H3,(H,21,22)(H,23,24)/t12-/m0/s1. The van der Waals surface area contributed by atoms with Crippen LogP contribution < -0.4 is 5.32 Å². The van der Waals surface area contributed by atoms with E-state index in [0.717, 1.165) is 22.8 Å². The van der Waals surface area contributed by atoms with Crippen molar-refractivity contribution < 1.29 is 13.6 Å². The van der Waals surface area contributed by atoms with Gasteiger partial charge in [-0.1, -0.05) is 13.0 Å². The number of aromatic amines is 1. The van der Waals surface area contributed by atoms with Gasteiger partial charge in [-0.2, -0.15) is 0 Å². The van der Waals surface area contributed by atoms with E-state index in [0.29, 0.717) is 18.3 Å². The summed E-state index contributed by atoms with van der Waals surface area (Å²) in [6.07, 6.45) is 1.36. The highest BCUT2D eigenvalue weighted by molar-refractivity contribution is 5.92. The van der Waals surface area contributed by atoms with Crippen molar-refractivity contribution in [2.75, 3.05) is 0 Å². The Hall–Kier alpha value is -2.83. The first-order chi connectivity index (χ1) is 11.5. The van der Waals surface area contributed by atoms with Crippen LogP contribution in [0.5, 0.6) is 0 Å². The fraction of sp³-hybridized carbons (Fsp3) is 0.235. The molecular formula is C17H16F2N4O. The van der Waals surface area contributed by atoms with Crippen molar-refractivity contribution in [2.24, 2.45) is 0 Å². The molecule has 0 radical (unpaired) electrons. The third-order valence-electron chi connectivity index (χ3n) is 3.72. The lowest BCUT2D eigenvalue weighted by Crippen LogP contribution is -2.30. The molecule has 1 aromatic carbocycles. The Morgan fingerprint density at radius 3 is 2.83 bits per heavy atom. The molecule has 0 aliphatic heterocycles. The van der Waals surface area contributed by atoms with Crippen LogP contribution in [-0.4, -0.2) is 20.9 Å². The van der Waals surface area contributed by atoms with Gasteiger partial charge in [-0.25, -0.2) is 18.7 Å². The molecule has 2 heterocycles. The molecule has 1 amide bonds. The molecule has 0 unspecified atom stereocenters. The second-order valence-electron chi connectivity index (χ2n) is 5.56. The topological polar surface area (TPSA) is 70.7 Å². The van der Waals surface area contributed by atoms with E-state index in [2.05, 4.69) is 20.3 Å². The van der Waals surface area contributed by atoms with Gasteiger partial charge in [-0.3, -0.25) is 4.79 Å². The highest BCUT2D eigenvalue weighted by Crippen LogP contribution is 2.20. The lowest BCUT2D eigenvalue weighted by Gasteiger charge is -2.14. The lowest BCUT2D eigenvalue weighted by atomic mass is 10.2. The normalized spacial score (nSPS) is 12.3. The van der Waals surface area contributed by atoms with E-state index in [9.17, 15) is 13.6 Å². The third-order valence-corrected chi connectivity index (χ3v) is 3.72. The SMILES string of the molecule is CC[C@H](NC(=O)c1ncc(F)cc1F)c1nc2ccc(C)cc2[nH]1. The number of carbonyl (C=O) groups excluding carboxylic acids is 1. The Kier molecular flexibility index (Phi) is 4.24. The summed E-state index contributed by atoms with van der Waals surface area (Å²) in [4.78, 5) is 23.4. The predicted octanol–water partition coefficient (Wildman–Crippen LogP) is 3.43. The molecule has 0 spiro atoms. The van der Waals surface area contributed by atoms with Crippen LogP contribution in [0.15, 0.2) is 30.5 Å². The maximum atomic E-state index is 13.7. The molecule has 0 bridgehead atoms. The highest BCUT2D eigenvalue weighted by atomic mass is 19.1. The number of hydrogen-bond donors (Lipinski definition) is 2. The summed E-state index contributed by atoms with van der Waals surface area (Å²) in [5.74, 6) is -1.96. The number of nitrogens with one attached hydrogen (secondary N) is 2. The number of pyridine rings is 1. The number of H-pyrrole nitrogens is 1. The number of aromatic nitrogens is 3. The molecular weight excluding hydrogens is 314 g/mol. The van der Waals surface area contributed by atoms with Gasteiger partial charge in [0.05, 0.1) is 23.3 Å². The molecule has 124 valence electrons. The van der Waals surface area contributed by atoms with E-state index in [1.807, 2.05) is 32.0 Å². The molecule has 0 saturated heterocycles. The van der Waals surface area contributed by atoms with Crippen LogP contribution in [0.1, 0.15) is 41.3 Å². The fourth-order valence-electron chi connectivity index (χ4n) is 2.48. The first kappa shape index (κ1) is 16.0. The average molecular weight is 330 g/mol. The van der Waals surface area contributed by atoms with Gasteiger partial charge in [-0.15, -0.1) is 0 Å². The first-order valence-electron chi connectivity index (χ1n) is 7.56. The van der Waals surface area contributed by atoms with Gasteiger partial charge in [0.2, 0.25) is 0 Å². The minimum Gasteiger partial charge on any atom is -0.341 e. The van der Waals surface area contributed by atoms with Crippen molar-refractivity contribution in [3.8, 4) is 0 Å².